The molecule has 2 aromatic rings. The first kappa shape index (κ1) is 20.2. The molecule has 0 fully saturated rings. The van der Waals surface area contributed by atoms with Gasteiger partial charge in [0.05, 0.1) is 10.0 Å². The number of hydrogen-bond donors (Lipinski definition) is 2. The van der Waals surface area contributed by atoms with Gasteiger partial charge in [-0.1, -0.05) is 29.3 Å². The summed E-state index contributed by atoms with van der Waals surface area (Å²) in [6.45, 7) is -0.293. The summed E-state index contributed by atoms with van der Waals surface area (Å²) in [5, 5.41) is 7.57. The van der Waals surface area contributed by atoms with Gasteiger partial charge in [0.15, 0.2) is 6.61 Å². The van der Waals surface area contributed by atoms with E-state index in [0.717, 1.165) is 11.3 Å². The Morgan fingerprint density at radius 1 is 1.08 bits per heavy atom. The largest absolute Gasteiger partial charge is 0.454 e. The van der Waals surface area contributed by atoms with Crippen molar-refractivity contribution >= 4 is 52.3 Å². The Balaban J connectivity index is 1.64. The van der Waals surface area contributed by atoms with E-state index in [1.54, 1.807) is 11.3 Å². The van der Waals surface area contributed by atoms with Gasteiger partial charge in [-0.3, -0.25) is 14.4 Å². The molecule has 2 amide bonds. The highest BCUT2D eigenvalue weighted by Gasteiger charge is 2.12. The van der Waals surface area contributed by atoms with Gasteiger partial charge in [-0.25, -0.2) is 0 Å². The molecule has 0 unspecified atom stereocenters. The summed E-state index contributed by atoms with van der Waals surface area (Å²) < 4.78 is 4.81. The Bertz CT molecular complexity index is 781. The first-order valence-electron chi connectivity index (χ1n) is 7.63. The summed E-state index contributed by atoms with van der Waals surface area (Å²) in [7, 11) is 0. The fraction of sp³-hybridized carbons (Fsp3) is 0.235. The first-order chi connectivity index (χ1) is 12.5. The van der Waals surface area contributed by atoms with Gasteiger partial charge in [0.25, 0.3) is 11.8 Å². The van der Waals surface area contributed by atoms with E-state index >= 15 is 0 Å². The predicted molar refractivity (Wildman–Crippen MR) is 101 cm³/mol. The number of amides is 2. The van der Waals surface area contributed by atoms with E-state index < -0.39 is 24.4 Å². The van der Waals surface area contributed by atoms with Gasteiger partial charge < -0.3 is 15.4 Å². The minimum atomic E-state index is -0.716. The number of thiophene rings is 1. The second-order valence-corrected chi connectivity index (χ2v) is 7.00. The lowest BCUT2D eigenvalue weighted by Gasteiger charge is -2.08. The van der Waals surface area contributed by atoms with Crippen LogP contribution in [0.3, 0.4) is 0 Å². The highest BCUT2D eigenvalue weighted by atomic mass is 35.5. The maximum Gasteiger partial charge on any atom is 0.325 e. The topological polar surface area (TPSA) is 84.5 Å². The molecule has 6 nitrogen and oxygen atoms in total. The van der Waals surface area contributed by atoms with Gasteiger partial charge in [-0.2, -0.15) is 0 Å². The average Bonchev–Trinajstić information content (AvgIpc) is 3.13. The SMILES string of the molecule is O=C(COC(=O)CNC(=O)c1ccc(Cl)c(Cl)c1)NCCc1cccs1. The van der Waals surface area contributed by atoms with E-state index in [2.05, 4.69) is 10.6 Å². The number of hydrogen-bond acceptors (Lipinski definition) is 5. The zero-order valence-electron chi connectivity index (χ0n) is 13.6. The molecule has 0 atom stereocenters. The lowest BCUT2D eigenvalue weighted by Crippen LogP contribution is -2.34. The van der Waals surface area contributed by atoms with Crippen LogP contribution in [0.15, 0.2) is 35.7 Å². The van der Waals surface area contributed by atoms with Crippen molar-refractivity contribution in [2.75, 3.05) is 19.7 Å². The molecule has 26 heavy (non-hydrogen) atoms. The van der Waals surface area contributed by atoms with Gasteiger partial charge in [-0.15, -0.1) is 11.3 Å². The summed E-state index contributed by atoms with van der Waals surface area (Å²) in [6, 6.07) is 8.28. The number of carbonyl (C=O) groups excluding carboxylic acids is 3. The summed E-state index contributed by atoms with van der Waals surface area (Å²) in [5.74, 6) is -1.61. The maximum absolute atomic E-state index is 11.9. The average molecular weight is 415 g/mol. The lowest BCUT2D eigenvalue weighted by atomic mass is 10.2. The second kappa shape index (κ2) is 10.2. The van der Waals surface area contributed by atoms with E-state index in [9.17, 15) is 14.4 Å². The predicted octanol–water partition coefficient (Wildman–Crippen LogP) is 2.69. The minimum absolute atomic E-state index is 0.237. The van der Waals surface area contributed by atoms with Crippen LogP contribution < -0.4 is 10.6 Å². The third-order valence-electron chi connectivity index (χ3n) is 3.21. The second-order valence-electron chi connectivity index (χ2n) is 5.15. The number of halogens is 2. The van der Waals surface area contributed by atoms with E-state index in [-0.39, 0.29) is 17.1 Å². The molecule has 138 valence electrons. The maximum atomic E-state index is 11.9. The summed E-state index contributed by atoms with van der Waals surface area (Å²) in [4.78, 5) is 36.3. The fourth-order valence-corrected chi connectivity index (χ4v) is 2.93. The van der Waals surface area contributed by atoms with Gasteiger partial charge in [0.2, 0.25) is 0 Å². The molecule has 2 rings (SSSR count). The van der Waals surface area contributed by atoms with Crippen molar-refractivity contribution in [3.05, 3.63) is 56.2 Å². The van der Waals surface area contributed by atoms with E-state index in [4.69, 9.17) is 27.9 Å². The van der Waals surface area contributed by atoms with E-state index in [1.165, 1.54) is 18.2 Å². The number of ether oxygens (including phenoxy) is 1. The Kier molecular flexibility index (Phi) is 7.90. The summed E-state index contributed by atoms with van der Waals surface area (Å²) >= 11 is 13.2. The van der Waals surface area contributed by atoms with E-state index in [0.29, 0.717) is 11.6 Å². The molecular weight excluding hydrogens is 399 g/mol. The Labute approximate surface area is 164 Å². The van der Waals surface area contributed by atoms with E-state index in [1.807, 2.05) is 17.5 Å². The van der Waals surface area contributed by atoms with Crippen molar-refractivity contribution in [3.8, 4) is 0 Å². The van der Waals surface area contributed by atoms with Crippen LogP contribution in [0.4, 0.5) is 0 Å². The zero-order valence-corrected chi connectivity index (χ0v) is 15.9. The lowest BCUT2D eigenvalue weighted by molar-refractivity contribution is -0.147. The molecule has 2 N–H and O–H groups in total. The zero-order chi connectivity index (χ0) is 18.9. The van der Waals surface area contributed by atoms with Crippen molar-refractivity contribution in [1.29, 1.82) is 0 Å². The molecule has 0 saturated carbocycles. The van der Waals surface area contributed by atoms with Crippen molar-refractivity contribution in [3.63, 3.8) is 0 Å². The van der Waals surface area contributed by atoms with Crippen LogP contribution in [-0.2, 0) is 20.7 Å². The smallest absolute Gasteiger partial charge is 0.325 e. The molecule has 0 radical (unpaired) electrons. The highest BCUT2D eigenvalue weighted by molar-refractivity contribution is 7.09. The number of esters is 1. The molecule has 0 saturated heterocycles. The minimum Gasteiger partial charge on any atom is -0.454 e. The molecule has 0 aliphatic rings. The van der Waals surface area contributed by atoms with Gasteiger partial charge in [0.1, 0.15) is 6.54 Å². The molecule has 1 aromatic carbocycles. The summed E-state index contributed by atoms with van der Waals surface area (Å²) in [6.07, 6.45) is 0.719. The quantitative estimate of drug-likeness (QED) is 0.650. The van der Waals surface area contributed by atoms with Crippen LogP contribution in [0.5, 0.6) is 0 Å². The third-order valence-corrected chi connectivity index (χ3v) is 4.89. The highest BCUT2D eigenvalue weighted by Crippen LogP contribution is 2.22. The Hall–Kier alpha value is -2.09. The molecule has 9 heteroatoms. The van der Waals surface area contributed by atoms with Crippen molar-refractivity contribution in [2.24, 2.45) is 0 Å². The standard InChI is InChI=1S/C17H16Cl2N2O4S/c18-13-4-3-11(8-14(13)19)17(24)21-9-16(23)25-10-15(22)20-6-5-12-2-1-7-26-12/h1-4,7-8H,5-6,9-10H2,(H,20,22)(H,21,24). The monoisotopic (exact) mass is 414 g/mol. The number of benzene rings is 1. The molecule has 0 aliphatic carbocycles. The number of rotatable bonds is 8. The van der Waals surface area contributed by atoms with Crippen molar-refractivity contribution in [2.45, 2.75) is 6.42 Å². The van der Waals surface area contributed by atoms with Crippen molar-refractivity contribution < 1.29 is 19.1 Å². The molecule has 0 bridgehead atoms. The molecule has 0 aliphatic heterocycles. The van der Waals surface area contributed by atoms with Crippen LogP contribution in [0, 0.1) is 0 Å². The molecular formula is C17H16Cl2N2O4S. The van der Waals surface area contributed by atoms with Crippen LogP contribution in [0.2, 0.25) is 10.0 Å². The Morgan fingerprint density at radius 2 is 1.88 bits per heavy atom. The normalized spacial score (nSPS) is 10.2. The van der Waals surface area contributed by atoms with Crippen LogP contribution >= 0.6 is 34.5 Å². The van der Waals surface area contributed by atoms with Gasteiger partial charge in [-0.05, 0) is 36.1 Å². The first-order valence-corrected chi connectivity index (χ1v) is 9.27. The van der Waals surface area contributed by atoms with Gasteiger partial charge >= 0.3 is 5.97 Å². The third kappa shape index (κ3) is 6.67. The number of carbonyl (C=O) groups is 3. The molecule has 1 heterocycles. The molecule has 1 aromatic heterocycles. The van der Waals surface area contributed by atoms with Crippen molar-refractivity contribution in [1.82, 2.24) is 10.6 Å². The van der Waals surface area contributed by atoms with Crippen LogP contribution in [-0.4, -0.2) is 37.5 Å². The molecule has 0 spiro atoms. The summed E-state index contributed by atoms with van der Waals surface area (Å²) in [5.41, 5.74) is 0.263. The Morgan fingerprint density at radius 3 is 2.58 bits per heavy atom. The van der Waals surface area contributed by atoms with Crippen LogP contribution in [0.1, 0.15) is 15.2 Å². The number of nitrogens with one attached hydrogen (secondary N) is 2. The fourth-order valence-electron chi connectivity index (χ4n) is 1.92. The van der Waals surface area contributed by atoms with Gasteiger partial charge in [0, 0.05) is 17.0 Å². The van der Waals surface area contributed by atoms with Crippen LogP contribution in [0.25, 0.3) is 0 Å².